The van der Waals surface area contributed by atoms with Crippen LogP contribution in [0.2, 0.25) is 0 Å². The Balaban J connectivity index is 1.35. The van der Waals surface area contributed by atoms with Crippen LogP contribution < -0.4 is 9.64 Å². The largest absolute Gasteiger partial charge is 0.473 e. The van der Waals surface area contributed by atoms with Crippen molar-refractivity contribution < 1.29 is 22.7 Å². The van der Waals surface area contributed by atoms with Crippen LogP contribution in [-0.2, 0) is 6.18 Å². The Morgan fingerprint density at radius 1 is 1.13 bits per heavy atom. The van der Waals surface area contributed by atoms with E-state index in [9.17, 15) is 18.0 Å². The van der Waals surface area contributed by atoms with Gasteiger partial charge in [-0.15, -0.1) is 0 Å². The number of ether oxygens (including phenoxy) is 1. The van der Waals surface area contributed by atoms with E-state index >= 15 is 0 Å². The van der Waals surface area contributed by atoms with E-state index in [-0.39, 0.29) is 12.0 Å². The molecule has 2 aliphatic heterocycles. The van der Waals surface area contributed by atoms with E-state index in [4.69, 9.17) is 4.74 Å². The number of amides is 1. The maximum Gasteiger partial charge on any atom is 0.417 e. The number of nitrogens with zero attached hydrogens (tertiary/aromatic N) is 4. The molecular formula is C20H21F3N4O2S. The summed E-state index contributed by atoms with van der Waals surface area (Å²) in [5.41, 5.74) is -0.251. The van der Waals surface area contributed by atoms with Crippen molar-refractivity contribution in [3.05, 3.63) is 47.8 Å². The highest BCUT2D eigenvalue weighted by Gasteiger charge is 2.31. The van der Waals surface area contributed by atoms with Crippen LogP contribution in [0, 0.1) is 0 Å². The SMILES string of the molecule is O=C(c1ccnc(OC2CCSC2)c1)N1CCN(c2ccc(C(F)(F)F)cn2)CC1. The first-order valence-corrected chi connectivity index (χ1v) is 10.8. The van der Waals surface area contributed by atoms with Gasteiger partial charge in [-0.3, -0.25) is 4.79 Å². The molecule has 6 nitrogen and oxygen atoms in total. The second-order valence-electron chi connectivity index (χ2n) is 7.17. The van der Waals surface area contributed by atoms with Crippen LogP contribution in [0.3, 0.4) is 0 Å². The number of piperazine rings is 1. The summed E-state index contributed by atoms with van der Waals surface area (Å²) in [5, 5.41) is 0. The molecule has 0 saturated carbocycles. The minimum atomic E-state index is -4.40. The summed E-state index contributed by atoms with van der Waals surface area (Å²) in [5.74, 6) is 2.83. The highest BCUT2D eigenvalue weighted by Crippen LogP contribution is 2.29. The average molecular weight is 438 g/mol. The molecule has 4 rings (SSSR count). The maximum absolute atomic E-state index is 12.9. The van der Waals surface area contributed by atoms with Crippen molar-refractivity contribution in [2.75, 3.05) is 42.6 Å². The number of aromatic nitrogens is 2. The number of alkyl halides is 3. The Hall–Kier alpha value is -2.49. The number of thioether (sulfide) groups is 1. The molecule has 4 heterocycles. The van der Waals surface area contributed by atoms with Crippen LogP contribution in [0.25, 0.3) is 0 Å². The van der Waals surface area contributed by atoms with Gasteiger partial charge in [0.25, 0.3) is 5.91 Å². The van der Waals surface area contributed by atoms with E-state index in [2.05, 4.69) is 9.97 Å². The van der Waals surface area contributed by atoms with Gasteiger partial charge in [-0.2, -0.15) is 24.9 Å². The van der Waals surface area contributed by atoms with Gasteiger partial charge in [-0.1, -0.05) is 0 Å². The van der Waals surface area contributed by atoms with Crippen molar-refractivity contribution in [3.63, 3.8) is 0 Å². The Labute approximate surface area is 176 Å². The lowest BCUT2D eigenvalue weighted by Crippen LogP contribution is -2.49. The summed E-state index contributed by atoms with van der Waals surface area (Å²) >= 11 is 1.84. The Morgan fingerprint density at radius 2 is 1.93 bits per heavy atom. The number of hydrogen-bond acceptors (Lipinski definition) is 6. The van der Waals surface area contributed by atoms with Crippen molar-refractivity contribution in [2.24, 2.45) is 0 Å². The first kappa shape index (κ1) is 20.8. The van der Waals surface area contributed by atoms with Gasteiger partial charge in [0, 0.05) is 56.0 Å². The molecule has 2 fully saturated rings. The summed E-state index contributed by atoms with van der Waals surface area (Å²) < 4.78 is 43.9. The first-order valence-electron chi connectivity index (χ1n) is 9.68. The Morgan fingerprint density at radius 3 is 2.57 bits per heavy atom. The third kappa shape index (κ3) is 4.80. The number of halogens is 3. The van der Waals surface area contributed by atoms with Crippen molar-refractivity contribution in [1.82, 2.24) is 14.9 Å². The van der Waals surface area contributed by atoms with Crippen molar-refractivity contribution in [3.8, 4) is 5.88 Å². The monoisotopic (exact) mass is 438 g/mol. The van der Waals surface area contributed by atoms with Gasteiger partial charge in [0.15, 0.2) is 0 Å². The van der Waals surface area contributed by atoms with Gasteiger partial charge in [0.2, 0.25) is 5.88 Å². The predicted molar refractivity (Wildman–Crippen MR) is 108 cm³/mol. The normalized spacial score (nSPS) is 19.8. The fourth-order valence-electron chi connectivity index (χ4n) is 3.45. The lowest BCUT2D eigenvalue weighted by atomic mass is 10.2. The summed E-state index contributed by atoms with van der Waals surface area (Å²) in [6, 6.07) is 5.74. The lowest BCUT2D eigenvalue weighted by Gasteiger charge is -2.35. The zero-order valence-corrected chi connectivity index (χ0v) is 17.0. The number of carbonyl (C=O) groups excluding carboxylic acids is 1. The number of rotatable bonds is 4. The fourth-order valence-corrected chi connectivity index (χ4v) is 4.54. The van der Waals surface area contributed by atoms with E-state index in [1.807, 2.05) is 16.7 Å². The number of hydrogen-bond donors (Lipinski definition) is 0. The van der Waals surface area contributed by atoms with E-state index in [1.165, 1.54) is 6.07 Å². The first-order chi connectivity index (χ1) is 14.4. The Kier molecular flexibility index (Phi) is 6.03. The van der Waals surface area contributed by atoms with Crippen molar-refractivity contribution >= 4 is 23.5 Å². The molecule has 0 aromatic carbocycles. The minimum Gasteiger partial charge on any atom is -0.473 e. The van der Waals surface area contributed by atoms with Gasteiger partial charge in [-0.05, 0) is 30.4 Å². The number of anilines is 1. The third-order valence-corrected chi connectivity index (χ3v) is 6.26. The molecule has 2 aliphatic rings. The third-order valence-electron chi connectivity index (χ3n) is 5.12. The molecule has 10 heteroatoms. The highest BCUT2D eigenvalue weighted by atomic mass is 32.2. The molecule has 160 valence electrons. The predicted octanol–water partition coefficient (Wildman–Crippen LogP) is 3.34. The molecule has 1 amide bonds. The number of pyridine rings is 2. The molecule has 0 radical (unpaired) electrons. The molecule has 2 saturated heterocycles. The maximum atomic E-state index is 12.9. The summed E-state index contributed by atoms with van der Waals surface area (Å²) in [6.45, 7) is 1.91. The summed E-state index contributed by atoms with van der Waals surface area (Å²) in [7, 11) is 0. The zero-order chi connectivity index (χ0) is 21.1. The van der Waals surface area contributed by atoms with Crippen molar-refractivity contribution in [1.29, 1.82) is 0 Å². The zero-order valence-electron chi connectivity index (χ0n) is 16.1. The van der Waals surface area contributed by atoms with Crippen LogP contribution in [0.4, 0.5) is 19.0 Å². The fraction of sp³-hybridized carbons (Fsp3) is 0.450. The Bertz CT molecular complexity index is 880. The van der Waals surface area contributed by atoms with Crippen LogP contribution in [0.1, 0.15) is 22.3 Å². The molecule has 30 heavy (non-hydrogen) atoms. The van der Waals surface area contributed by atoms with E-state index in [0.717, 1.165) is 30.2 Å². The van der Waals surface area contributed by atoms with E-state index < -0.39 is 11.7 Å². The molecule has 2 aromatic heterocycles. The minimum absolute atomic E-state index is 0.108. The van der Waals surface area contributed by atoms with Gasteiger partial charge in [0.05, 0.1) is 5.56 Å². The van der Waals surface area contributed by atoms with Crippen LogP contribution in [0.15, 0.2) is 36.7 Å². The quantitative estimate of drug-likeness (QED) is 0.730. The molecule has 1 unspecified atom stereocenters. The molecular weight excluding hydrogens is 417 g/mol. The lowest BCUT2D eigenvalue weighted by molar-refractivity contribution is -0.137. The van der Waals surface area contributed by atoms with Crippen LogP contribution >= 0.6 is 11.8 Å². The van der Waals surface area contributed by atoms with Gasteiger partial charge >= 0.3 is 6.18 Å². The molecule has 0 N–H and O–H groups in total. The second-order valence-corrected chi connectivity index (χ2v) is 8.32. The topological polar surface area (TPSA) is 58.6 Å². The molecule has 0 spiro atoms. The second kappa shape index (κ2) is 8.71. The van der Waals surface area contributed by atoms with Crippen LogP contribution in [-0.4, -0.2) is 64.6 Å². The van der Waals surface area contributed by atoms with Gasteiger partial charge in [0.1, 0.15) is 11.9 Å². The molecule has 2 aromatic rings. The molecule has 0 aliphatic carbocycles. The summed E-state index contributed by atoms with van der Waals surface area (Å²) in [6.07, 6.45) is -0.876. The smallest absolute Gasteiger partial charge is 0.417 e. The van der Waals surface area contributed by atoms with E-state index in [0.29, 0.717) is 43.4 Å². The van der Waals surface area contributed by atoms with Crippen LogP contribution in [0.5, 0.6) is 5.88 Å². The van der Waals surface area contributed by atoms with Gasteiger partial charge in [-0.25, -0.2) is 9.97 Å². The summed E-state index contributed by atoms with van der Waals surface area (Å²) in [4.78, 5) is 24.6. The van der Waals surface area contributed by atoms with E-state index in [1.54, 1.807) is 23.2 Å². The molecule has 0 bridgehead atoms. The van der Waals surface area contributed by atoms with Crippen molar-refractivity contribution in [2.45, 2.75) is 18.7 Å². The number of carbonyl (C=O) groups is 1. The highest BCUT2D eigenvalue weighted by molar-refractivity contribution is 7.99. The van der Waals surface area contributed by atoms with Gasteiger partial charge < -0.3 is 14.5 Å². The molecule has 1 atom stereocenters. The standard InChI is InChI=1S/C20H21F3N4O2S/c21-20(22,23)15-1-2-17(25-12-15)26-6-8-27(9-7-26)19(28)14-3-5-24-18(11-14)29-16-4-10-30-13-16/h1-3,5,11-12,16H,4,6-10,13H2. The average Bonchev–Trinajstić information content (AvgIpc) is 3.26.